The number of rotatable bonds is 6. The molecule has 2 atom stereocenters. The third kappa shape index (κ3) is 5.07. The van der Waals surface area contributed by atoms with E-state index in [0.717, 1.165) is 13.0 Å². The van der Waals surface area contributed by atoms with Crippen LogP contribution in [0.3, 0.4) is 0 Å². The quantitative estimate of drug-likeness (QED) is 0.661. The Morgan fingerprint density at radius 2 is 2.07 bits per heavy atom. The van der Waals surface area contributed by atoms with Gasteiger partial charge in [0.25, 0.3) is 0 Å². The minimum Gasteiger partial charge on any atom is -0.371 e. The van der Waals surface area contributed by atoms with Crippen LogP contribution in [-0.4, -0.2) is 23.5 Å². The number of allylic oxidation sites excluding steroid dienone is 1. The SMILES string of the molecule is C=C(C)C(C)N(/C=C/C)CCC(C)N. The molecule has 2 N–H and O–H groups in total. The van der Waals surface area contributed by atoms with Crippen LogP contribution in [0.1, 0.15) is 34.1 Å². The Hall–Kier alpha value is -0.760. The van der Waals surface area contributed by atoms with E-state index in [9.17, 15) is 0 Å². The fraction of sp³-hybridized carbons (Fsp3) is 0.667. The van der Waals surface area contributed by atoms with Gasteiger partial charge in [0.05, 0.1) is 0 Å². The van der Waals surface area contributed by atoms with E-state index >= 15 is 0 Å². The van der Waals surface area contributed by atoms with Crippen molar-refractivity contribution in [1.82, 2.24) is 4.90 Å². The summed E-state index contributed by atoms with van der Waals surface area (Å²) in [4.78, 5) is 2.28. The molecule has 0 aliphatic heterocycles. The molecule has 0 aliphatic carbocycles. The maximum absolute atomic E-state index is 5.74. The highest BCUT2D eigenvalue weighted by molar-refractivity contribution is 5.03. The Labute approximate surface area is 88.5 Å². The lowest BCUT2D eigenvalue weighted by atomic mass is 10.1. The zero-order valence-corrected chi connectivity index (χ0v) is 9.96. The molecular weight excluding hydrogens is 172 g/mol. The Morgan fingerprint density at radius 3 is 2.43 bits per heavy atom. The van der Waals surface area contributed by atoms with Crippen molar-refractivity contribution in [3.8, 4) is 0 Å². The van der Waals surface area contributed by atoms with Crippen LogP contribution in [0.15, 0.2) is 24.4 Å². The van der Waals surface area contributed by atoms with Crippen LogP contribution in [0.25, 0.3) is 0 Å². The summed E-state index contributed by atoms with van der Waals surface area (Å²) in [5.74, 6) is 0. The molecule has 0 amide bonds. The van der Waals surface area contributed by atoms with E-state index in [1.807, 2.05) is 13.8 Å². The monoisotopic (exact) mass is 196 g/mol. The summed E-state index contributed by atoms with van der Waals surface area (Å²) in [6, 6.07) is 0.657. The van der Waals surface area contributed by atoms with Gasteiger partial charge in [0.2, 0.25) is 0 Å². The van der Waals surface area contributed by atoms with Crippen LogP contribution in [-0.2, 0) is 0 Å². The highest BCUT2D eigenvalue weighted by Crippen LogP contribution is 2.09. The standard InChI is InChI=1S/C12H24N2/c1-6-8-14(9-7-11(4)13)12(5)10(2)3/h6,8,11-12H,2,7,9,13H2,1,3-5H3/b8-6+. The molecule has 0 aromatic heterocycles. The van der Waals surface area contributed by atoms with Crippen LogP contribution in [0.5, 0.6) is 0 Å². The molecule has 2 nitrogen and oxygen atoms in total. The second-order valence-corrected chi connectivity index (χ2v) is 4.01. The van der Waals surface area contributed by atoms with E-state index in [-0.39, 0.29) is 6.04 Å². The molecule has 0 radical (unpaired) electrons. The number of hydrogen-bond acceptors (Lipinski definition) is 2. The molecule has 0 heterocycles. The van der Waals surface area contributed by atoms with Gasteiger partial charge in [-0.2, -0.15) is 0 Å². The second kappa shape index (κ2) is 6.66. The second-order valence-electron chi connectivity index (χ2n) is 4.01. The van der Waals surface area contributed by atoms with Crippen molar-refractivity contribution in [2.75, 3.05) is 6.54 Å². The molecule has 0 aliphatic rings. The number of nitrogens with two attached hydrogens (primary N) is 1. The molecule has 2 heteroatoms. The molecule has 0 bridgehead atoms. The molecule has 14 heavy (non-hydrogen) atoms. The molecule has 0 rings (SSSR count). The average molecular weight is 196 g/mol. The summed E-state index contributed by atoms with van der Waals surface area (Å²) in [5, 5.41) is 0. The van der Waals surface area contributed by atoms with Crippen molar-refractivity contribution in [3.63, 3.8) is 0 Å². The number of hydrogen-bond donors (Lipinski definition) is 1. The summed E-state index contributed by atoms with van der Waals surface area (Å²) in [7, 11) is 0. The minimum atomic E-state index is 0.264. The molecule has 82 valence electrons. The zero-order chi connectivity index (χ0) is 11.1. The fourth-order valence-corrected chi connectivity index (χ4v) is 1.22. The molecule has 0 saturated carbocycles. The first-order valence-electron chi connectivity index (χ1n) is 5.28. The average Bonchev–Trinajstić information content (AvgIpc) is 2.10. The molecule has 0 aromatic rings. The smallest absolute Gasteiger partial charge is 0.0463 e. The maximum atomic E-state index is 5.74. The molecular formula is C12H24N2. The Morgan fingerprint density at radius 1 is 1.50 bits per heavy atom. The van der Waals surface area contributed by atoms with Crippen LogP contribution in [0.2, 0.25) is 0 Å². The first-order valence-corrected chi connectivity index (χ1v) is 5.28. The summed E-state index contributed by atoms with van der Waals surface area (Å²) < 4.78 is 0. The molecule has 0 saturated heterocycles. The molecule has 2 unspecified atom stereocenters. The van der Waals surface area contributed by atoms with Gasteiger partial charge in [-0.05, 0) is 40.3 Å². The topological polar surface area (TPSA) is 29.3 Å². The van der Waals surface area contributed by atoms with Crippen LogP contribution in [0, 0.1) is 0 Å². The van der Waals surface area contributed by atoms with E-state index in [1.54, 1.807) is 0 Å². The summed E-state index contributed by atoms with van der Waals surface area (Å²) in [6.45, 7) is 13.3. The lowest BCUT2D eigenvalue weighted by Gasteiger charge is -2.28. The highest BCUT2D eigenvalue weighted by Gasteiger charge is 2.10. The molecule has 0 spiro atoms. The van der Waals surface area contributed by atoms with Gasteiger partial charge < -0.3 is 10.6 Å². The highest BCUT2D eigenvalue weighted by atomic mass is 15.1. The molecule has 0 aromatic carbocycles. The lowest BCUT2D eigenvalue weighted by Crippen LogP contribution is -2.32. The van der Waals surface area contributed by atoms with Gasteiger partial charge in [-0.15, -0.1) is 0 Å². The van der Waals surface area contributed by atoms with Gasteiger partial charge in [0.1, 0.15) is 0 Å². The molecule has 0 fully saturated rings. The minimum absolute atomic E-state index is 0.264. The maximum Gasteiger partial charge on any atom is 0.0463 e. The van der Waals surface area contributed by atoms with E-state index in [1.165, 1.54) is 5.57 Å². The summed E-state index contributed by atoms with van der Waals surface area (Å²) >= 11 is 0. The van der Waals surface area contributed by atoms with Gasteiger partial charge in [-0.25, -0.2) is 0 Å². The first kappa shape index (κ1) is 13.2. The van der Waals surface area contributed by atoms with Gasteiger partial charge in [0.15, 0.2) is 0 Å². The largest absolute Gasteiger partial charge is 0.371 e. The summed E-state index contributed by atoms with van der Waals surface area (Å²) in [6.07, 6.45) is 5.18. The first-order chi connectivity index (χ1) is 6.49. The zero-order valence-electron chi connectivity index (χ0n) is 9.96. The fourth-order valence-electron chi connectivity index (χ4n) is 1.22. The summed E-state index contributed by atoms with van der Waals surface area (Å²) in [5.41, 5.74) is 6.93. The predicted molar refractivity (Wildman–Crippen MR) is 64.1 cm³/mol. The van der Waals surface area contributed by atoms with Crippen molar-refractivity contribution in [3.05, 3.63) is 24.4 Å². The normalized spacial score (nSPS) is 15.5. The van der Waals surface area contributed by atoms with Crippen molar-refractivity contribution in [1.29, 1.82) is 0 Å². The van der Waals surface area contributed by atoms with Gasteiger partial charge in [-0.1, -0.05) is 18.2 Å². The third-order valence-electron chi connectivity index (χ3n) is 2.39. The van der Waals surface area contributed by atoms with Crippen LogP contribution < -0.4 is 5.73 Å². The van der Waals surface area contributed by atoms with E-state index in [4.69, 9.17) is 5.73 Å². The predicted octanol–water partition coefficient (Wildman–Crippen LogP) is 2.52. The van der Waals surface area contributed by atoms with Gasteiger partial charge in [0, 0.05) is 18.6 Å². The van der Waals surface area contributed by atoms with E-state index in [0.29, 0.717) is 6.04 Å². The Kier molecular flexibility index (Phi) is 6.30. The van der Waals surface area contributed by atoms with E-state index < -0.39 is 0 Å². The third-order valence-corrected chi connectivity index (χ3v) is 2.39. The Bertz CT molecular complexity index is 194. The van der Waals surface area contributed by atoms with E-state index in [2.05, 4.69) is 37.6 Å². The van der Waals surface area contributed by atoms with Crippen molar-refractivity contribution >= 4 is 0 Å². The van der Waals surface area contributed by atoms with Crippen LogP contribution in [0.4, 0.5) is 0 Å². The van der Waals surface area contributed by atoms with Crippen LogP contribution >= 0.6 is 0 Å². The van der Waals surface area contributed by atoms with Crippen molar-refractivity contribution in [2.24, 2.45) is 5.73 Å². The van der Waals surface area contributed by atoms with Crippen molar-refractivity contribution < 1.29 is 0 Å². The lowest BCUT2D eigenvalue weighted by molar-refractivity contribution is 0.312. The van der Waals surface area contributed by atoms with Crippen molar-refractivity contribution in [2.45, 2.75) is 46.2 Å². The van der Waals surface area contributed by atoms with Gasteiger partial charge in [-0.3, -0.25) is 0 Å². The Balaban J connectivity index is 4.21. The number of nitrogens with zero attached hydrogens (tertiary/aromatic N) is 1. The van der Waals surface area contributed by atoms with Gasteiger partial charge >= 0.3 is 0 Å².